The summed E-state index contributed by atoms with van der Waals surface area (Å²) in [6.07, 6.45) is 0. The van der Waals surface area contributed by atoms with E-state index in [9.17, 15) is 4.39 Å². The lowest BCUT2D eigenvalue weighted by Gasteiger charge is -2.07. The van der Waals surface area contributed by atoms with Crippen molar-refractivity contribution in [1.82, 2.24) is 14.8 Å². The van der Waals surface area contributed by atoms with Crippen LogP contribution in [0.3, 0.4) is 0 Å². The molecule has 1 aromatic heterocycles. The van der Waals surface area contributed by atoms with Gasteiger partial charge in [0.2, 0.25) is 0 Å². The van der Waals surface area contributed by atoms with Crippen molar-refractivity contribution in [3.05, 3.63) is 48.0 Å². The molecule has 3 aromatic rings. The van der Waals surface area contributed by atoms with E-state index in [1.807, 2.05) is 29.8 Å². The van der Waals surface area contributed by atoms with Gasteiger partial charge in [-0.05, 0) is 17.5 Å². The molecular weight excluding hydrogens is 243 g/mol. The first-order valence-corrected chi connectivity index (χ1v) is 5.98. The molecule has 2 N–H and O–H groups in total. The second-order valence-electron chi connectivity index (χ2n) is 4.34. The molecule has 0 saturated carbocycles. The zero-order chi connectivity index (χ0) is 13.4. The van der Waals surface area contributed by atoms with Crippen molar-refractivity contribution in [1.29, 1.82) is 0 Å². The Balaban J connectivity index is 2.31. The van der Waals surface area contributed by atoms with Crippen LogP contribution in [0.1, 0.15) is 5.82 Å². The Labute approximate surface area is 109 Å². The average Bonchev–Trinajstić information content (AvgIpc) is 2.81. The van der Waals surface area contributed by atoms with Crippen LogP contribution >= 0.6 is 0 Å². The summed E-state index contributed by atoms with van der Waals surface area (Å²) in [7, 11) is 1.86. The van der Waals surface area contributed by atoms with Crippen LogP contribution in [0.5, 0.6) is 0 Å². The van der Waals surface area contributed by atoms with E-state index in [0.29, 0.717) is 23.6 Å². The molecule has 0 amide bonds. The Kier molecular flexibility index (Phi) is 2.76. The standard InChI is InChI=1S/C14H13FN4/c1-19-13(8-16)17-18-14(19)11-6-7-12(15)10-5-3-2-4-9(10)11/h2-7H,8,16H2,1H3. The average molecular weight is 256 g/mol. The molecule has 4 nitrogen and oxygen atoms in total. The highest BCUT2D eigenvalue weighted by atomic mass is 19.1. The third kappa shape index (κ3) is 1.79. The summed E-state index contributed by atoms with van der Waals surface area (Å²) in [5, 5.41) is 9.58. The maximum atomic E-state index is 13.8. The second kappa shape index (κ2) is 4.44. The predicted octanol–water partition coefficient (Wildman–Crippen LogP) is 2.23. The highest BCUT2D eigenvalue weighted by molar-refractivity contribution is 5.95. The van der Waals surface area contributed by atoms with Gasteiger partial charge in [0.1, 0.15) is 11.6 Å². The number of aromatic nitrogens is 3. The molecule has 19 heavy (non-hydrogen) atoms. The third-order valence-corrected chi connectivity index (χ3v) is 3.26. The van der Waals surface area contributed by atoms with Crippen molar-refractivity contribution in [2.75, 3.05) is 0 Å². The number of hydrogen-bond donors (Lipinski definition) is 1. The molecule has 96 valence electrons. The number of hydrogen-bond acceptors (Lipinski definition) is 3. The van der Waals surface area contributed by atoms with E-state index >= 15 is 0 Å². The molecular formula is C14H13FN4. The molecule has 0 spiro atoms. The monoisotopic (exact) mass is 256 g/mol. The molecule has 0 aliphatic heterocycles. The fourth-order valence-corrected chi connectivity index (χ4v) is 2.23. The van der Waals surface area contributed by atoms with Crippen LogP contribution in [-0.2, 0) is 13.6 Å². The van der Waals surface area contributed by atoms with Gasteiger partial charge in [0.15, 0.2) is 5.82 Å². The Morgan fingerprint density at radius 3 is 2.53 bits per heavy atom. The van der Waals surface area contributed by atoms with Gasteiger partial charge in [0, 0.05) is 18.0 Å². The fraction of sp³-hybridized carbons (Fsp3) is 0.143. The Bertz CT molecular complexity index is 748. The summed E-state index contributed by atoms with van der Waals surface area (Å²) in [5.74, 6) is 1.15. The van der Waals surface area contributed by atoms with Crippen LogP contribution in [0.4, 0.5) is 4.39 Å². The van der Waals surface area contributed by atoms with Gasteiger partial charge in [-0.3, -0.25) is 0 Å². The van der Waals surface area contributed by atoms with E-state index in [0.717, 1.165) is 10.9 Å². The first-order chi connectivity index (χ1) is 9.22. The van der Waals surface area contributed by atoms with Gasteiger partial charge < -0.3 is 10.3 Å². The van der Waals surface area contributed by atoms with Crippen molar-refractivity contribution >= 4 is 10.8 Å². The molecule has 0 atom stereocenters. The molecule has 0 unspecified atom stereocenters. The smallest absolute Gasteiger partial charge is 0.164 e. The zero-order valence-electron chi connectivity index (χ0n) is 10.5. The summed E-state index contributed by atoms with van der Waals surface area (Å²) < 4.78 is 15.6. The number of halogens is 1. The number of benzene rings is 2. The predicted molar refractivity (Wildman–Crippen MR) is 71.8 cm³/mol. The largest absolute Gasteiger partial charge is 0.324 e. The fourth-order valence-electron chi connectivity index (χ4n) is 2.23. The van der Waals surface area contributed by atoms with E-state index in [4.69, 9.17) is 5.73 Å². The van der Waals surface area contributed by atoms with Gasteiger partial charge >= 0.3 is 0 Å². The number of rotatable bonds is 2. The second-order valence-corrected chi connectivity index (χ2v) is 4.34. The Morgan fingerprint density at radius 2 is 1.84 bits per heavy atom. The summed E-state index contributed by atoms with van der Waals surface area (Å²) in [6.45, 7) is 0.322. The van der Waals surface area contributed by atoms with E-state index in [1.54, 1.807) is 12.1 Å². The molecule has 2 aromatic carbocycles. The van der Waals surface area contributed by atoms with Crippen LogP contribution in [0, 0.1) is 5.82 Å². The molecule has 3 rings (SSSR count). The quantitative estimate of drug-likeness (QED) is 0.765. The topological polar surface area (TPSA) is 56.7 Å². The van der Waals surface area contributed by atoms with Crippen LogP contribution in [-0.4, -0.2) is 14.8 Å². The van der Waals surface area contributed by atoms with Gasteiger partial charge in [-0.15, -0.1) is 10.2 Å². The van der Waals surface area contributed by atoms with Crippen LogP contribution in [0.2, 0.25) is 0 Å². The molecule has 0 saturated heterocycles. The molecule has 0 bridgehead atoms. The normalized spacial score (nSPS) is 11.1. The van der Waals surface area contributed by atoms with Gasteiger partial charge in [-0.1, -0.05) is 24.3 Å². The van der Waals surface area contributed by atoms with Gasteiger partial charge in [-0.2, -0.15) is 0 Å². The van der Waals surface area contributed by atoms with Crippen molar-refractivity contribution < 1.29 is 4.39 Å². The van der Waals surface area contributed by atoms with Gasteiger partial charge in [0.05, 0.1) is 6.54 Å². The zero-order valence-corrected chi connectivity index (χ0v) is 10.5. The maximum Gasteiger partial charge on any atom is 0.164 e. The summed E-state index contributed by atoms with van der Waals surface area (Å²) in [4.78, 5) is 0. The lowest BCUT2D eigenvalue weighted by atomic mass is 10.0. The minimum Gasteiger partial charge on any atom is -0.324 e. The highest BCUT2D eigenvalue weighted by Crippen LogP contribution is 2.29. The van der Waals surface area contributed by atoms with Crippen LogP contribution in [0.15, 0.2) is 36.4 Å². The molecule has 0 aliphatic carbocycles. The molecule has 1 heterocycles. The van der Waals surface area contributed by atoms with Crippen molar-refractivity contribution in [2.45, 2.75) is 6.54 Å². The minimum absolute atomic E-state index is 0.236. The third-order valence-electron chi connectivity index (χ3n) is 3.26. The SMILES string of the molecule is Cn1c(CN)nnc1-c1ccc(F)c2ccccc12. The van der Waals surface area contributed by atoms with E-state index in [2.05, 4.69) is 10.2 Å². The number of fused-ring (bicyclic) bond motifs is 1. The Hall–Kier alpha value is -2.27. The number of nitrogens with zero attached hydrogens (tertiary/aromatic N) is 3. The summed E-state index contributed by atoms with van der Waals surface area (Å²) >= 11 is 0. The van der Waals surface area contributed by atoms with Crippen molar-refractivity contribution in [3.8, 4) is 11.4 Å². The molecule has 0 fully saturated rings. The van der Waals surface area contributed by atoms with E-state index in [-0.39, 0.29) is 5.82 Å². The van der Waals surface area contributed by atoms with E-state index in [1.165, 1.54) is 6.07 Å². The first kappa shape index (κ1) is 11.8. The van der Waals surface area contributed by atoms with Crippen LogP contribution in [0.25, 0.3) is 22.2 Å². The van der Waals surface area contributed by atoms with Crippen LogP contribution < -0.4 is 5.73 Å². The maximum absolute atomic E-state index is 13.8. The summed E-state index contributed by atoms with van der Waals surface area (Å²) in [6, 6.07) is 10.5. The van der Waals surface area contributed by atoms with Crippen molar-refractivity contribution in [2.24, 2.45) is 12.8 Å². The lowest BCUT2D eigenvalue weighted by Crippen LogP contribution is -2.05. The summed E-state index contributed by atoms with van der Waals surface area (Å²) in [5.41, 5.74) is 6.45. The Morgan fingerprint density at radius 1 is 1.11 bits per heavy atom. The van der Waals surface area contributed by atoms with Crippen molar-refractivity contribution in [3.63, 3.8) is 0 Å². The minimum atomic E-state index is -0.236. The first-order valence-electron chi connectivity index (χ1n) is 5.98. The van der Waals surface area contributed by atoms with Gasteiger partial charge in [0.25, 0.3) is 0 Å². The highest BCUT2D eigenvalue weighted by Gasteiger charge is 2.13. The van der Waals surface area contributed by atoms with Gasteiger partial charge in [-0.25, -0.2) is 4.39 Å². The molecule has 5 heteroatoms. The number of nitrogens with two attached hydrogens (primary N) is 1. The molecule has 0 aliphatic rings. The van der Waals surface area contributed by atoms with E-state index < -0.39 is 0 Å². The molecule has 0 radical (unpaired) electrons. The lowest BCUT2D eigenvalue weighted by molar-refractivity contribution is 0.640.